The Hall–Kier alpha value is -1.64. The number of aryl methyl sites for hydroxylation is 2. The van der Waals surface area contributed by atoms with Gasteiger partial charge < -0.3 is 14.2 Å². The summed E-state index contributed by atoms with van der Waals surface area (Å²) >= 11 is 0. The number of ether oxygens (including phenoxy) is 3. The van der Waals surface area contributed by atoms with E-state index < -0.39 is 26.8 Å². The summed E-state index contributed by atoms with van der Waals surface area (Å²) in [7, 11) is -2.02. The molecule has 1 rings (SSSR count). The van der Waals surface area contributed by atoms with E-state index in [2.05, 4.69) is 5.32 Å². The van der Waals surface area contributed by atoms with Gasteiger partial charge in [-0.1, -0.05) is 0 Å². The van der Waals surface area contributed by atoms with E-state index in [0.717, 1.165) is 0 Å². The zero-order valence-electron chi connectivity index (χ0n) is 17.2. The molecule has 1 aromatic carbocycles. The number of methoxy groups -OCH3 is 1. The number of benzene rings is 1. The normalized spacial score (nSPS) is 13.3. The van der Waals surface area contributed by atoms with Crippen LogP contribution in [0.25, 0.3) is 0 Å². The fourth-order valence-corrected chi connectivity index (χ4v) is 4.33. The monoisotopic (exact) mass is 401 g/mol. The summed E-state index contributed by atoms with van der Waals surface area (Å²) in [6, 6.07) is 3.41. The zero-order valence-corrected chi connectivity index (χ0v) is 18.0. The molecule has 154 valence electrons. The van der Waals surface area contributed by atoms with E-state index in [9.17, 15) is 13.2 Å². The Balaban J connectivity index is 2.60. The predicted octanol–water partition coefficient (Wildman–Crippen LogP) is 2.38. The minimum Gasteiger partial charge on any atom is -0.497 e. The molecule has 0 heterocycles. The molecule has 0 aliphatic rings. The van der Waals surface area contributed by atoms with Crippen molar-refractivity contribution in [3.63, 3.8) is 0 Å². The lowest BCUT2D eigenvalue weighted by Crippen LogP contribution is -2.37. The first-order valence-corrected chi connectivity index (χ1v) is 10.3. The Bertz CT molecular complexity index is 729. The van der Waals surface area contributed by atoms with Gasteiger partial charge in [0.15, 0.2) is 9.84 Å². The van der Waals surface area contributed by atoms with Crippen LogP contribution in [0.4, 0.5) is 0 Å². The van der Waals surface area contributed by atoms with Gasteiger partial charge in [0.05, 0.1) is 18.6 Å². The summed E-state index contributed by atoms with van der Waals surface area (Å²) in [6.45, 7) is 10.7. The summed E-state index contributed by atoms with van der Waals surface area (Å²) < 4.78 is 41.3. The lowest BCUT2D eigenvalue weighted by atomic mass is 10.1. The molecule has 0 bridgehead atoms. The van der Waals surface area contributed by atoms with E-state index >= 15 is 0 Å². The van der Waals surface area contributed by atoms with Crippen molar-refractivity contribution in [2.75, 3.05) is 26.9 Å². The molecular formula is C19H31NO6S. The Labute approximate surface area is 162 Å². The first-order chi connectivity index (χ1) is 12.4. The van der Waals surface area contributed by atoms with Crippen LogP contribution in [0.3, 0.4) is 0 Å². The van der Waals surface area contributed by atoms with Crippen molar-refractivity contribution in [2.45, 2.75) is 57.4 Å². The number of carbonyl (C=O) groups is 1. The molecule has 8 heteroatoms. The van der Waals surface area contributed by atoms with Gasteiger partial charge in [0.1, 0.15) is 23.3 Å². The van der Waals surface area contributed by atoms with E-state index in [1.165, 1.54) is 0 Å². The van der Waals surface area contributed by atoms with Crippen molar-refractivity contribution >= 4 is 15.8 Å². The van der Waals surface area contributed by atoms with E-state index in [1.54, 1.807) is 60.8 Å². The third kappa shape index (κ3) is 7.12. The van der Waals surface area contributed by atoms with E-state index in [-0.39, 0.29) is 19.8 Å². The maximum absolute atomic E-state index is 12.9. The van der Waals surface area contributed by atoms with E-state index in [1.807, 2.05) is 0 Å². The van der Waals surface area contributed by atoms with Gasteiger partial charge in [-0.2, -0.15) is 0 Å². The van der Waals surface area contributed by atoms with Crippen LogP contribution in [0.1, 0.15) is 38.8 Å². The van der Waals surface area contributed by atoms with Gasteiger partial charge in [-0.25, -0.2) is 13.2 Å². The standard InChI is InChI=1S/C19H31NO6S/c1-13-10-16(24-7)11-14(2)18(13)27(22,23)15(3)20-8-9-25-12-17(21)26-19(4,5)6/h10-11,15,20H,8-9,12H2,1-7H3. The van der Waals surface area contributed by atoms with Crippen LogP contribution in [0.2, 0.25) is 0 Å². The highest BCUT2D eigenvalue weighted by molar-refractivity contribution is 7.92. The molecule has 0 aromatic heterocycles. The summed E-state index contributed by atoms with van der Waals surface area (Å²) in [6.07, 6.45) is 0. The average Bonchev–Trinajstić information content (AvgIpc) is 2.51. The Morgan fingerprint density at radius 2 is 1.74 bits per heavy atom. The van der Waals surface area contributed by atoms with E-state index in [4.69, 9.17) is 14.2 Å². The number of rotatable bonds is 9. The fraction of sp³-hybridized carbons (Fsp3) is 0.632. The molecule has 1 aromatic rings. The molecule has 1 N–H and O–H groups in total. The van der Waals surface area contributed by atoms with Gasteiger partial charge in [0.2, 0.25) is 0 Å². The highest BCUT2D eigenvalue weighted by atomic mass is 32.2. The van der Waals surface area contributed by atoms with Crippen LogP contribution in [-0.4, -0.2) is 52.2 Å². The minimum atomic E-state index is -3.57. The van der Waals surface area contributed by atoms with Crippen molar-refractivity contribution in [3.8, 4) is 5.75 Å². The fourth-order valence-electron chi connectivity index (χ4n) is 2.62. The van der Waals surface area contributed by atoms with Crippen LogP contribution in [0.5, 0.6) is 5.75 Å². The molecule has 0 aliphatic heterocycles. The number of nitrogens with one attached hydrogen (secondary N) is 1. The van der Waals surface area contributed by atoms with Crippen LogP contribution < -0.4 is 10.1 Å². The van der Waals surface area contributed by atoms with Crippen molar-refractivity contribution in [1.82, 2.24) is 5.32 Å². The number of hydrogen-bond donors (Lipinski definition) is 1. The molecule has 0 saturated heterocycles. The number of esters is 1. The summed E-state index contributed by atoms with van der Waals surface area (Å²) in [4.78, 5) is 11.9. The van der Waals surface area contributed by atoms with Crippen LogP contribution in [-0.2, 0) is 24.1 Å². The molecule has 0 radical (unpaired) electrons. The SMILES string of the molecule is COc1cc(C)c(S(=O)(=O)C(C)NCCOCC(=O)OC(C)(C)C)c(C)c1. The molecule has 7 nitrogen and oxygen atoms in total. The molecule has 0 saturated carbocycles. The smallest absolute Gasteiger partial charge is 0.332 e. The van der Waals surface area contributed by atoms with Crippen LogP contribution in [0, 0.1) is 13.8 Å². The first kappa shape index (κ1) is 23.4. The maximum Gasteiger partial charge on any atom is 0.332 e. The second kappa shape index (κ2) is 9.52. The summed E-state index contributed by atoms with van der Waals surface area (Å²) in [5.74, 6) is 0.174. The molecule has 27 heavy (non-hydrogen) atoms. The molecule has 0 aliphatic carbocycles. The topological polar surface area (TPSA) is 90.9 Å². The van der Waals surface area contributed by atoms with E-state index in [0.29, 0.717) is 21.8 Å². The second-order valence-corrected chi connectivity index (χ2v) is 9.58. The van der Waals surface area contributed by atoms with Gasteiger partial charge >= 0.3 is 5.97 Å². The lowest BCUT2D eigenvalue weighted by molar-refractivity contribution is -0.160. The zero-order chi connectivity index (χ0) is 20.8. The van der Waals surface area contributed by atoms with Gasteiger partial charge in [0, 0.05) is 6.54 Å². The largest absolute Gasteiger partial charge is 0.497 e. The Morgan fingerprint density at radius 3 is 2.22 bits per heavy atom. The molecular weight excluding hydrogens is 370 g/mol. The first-order valence-electron chi connectivity index (χ1n) is 8.80. The molecule has 1 atom stereocenters. The maximum atomic E-state index is 12.9. The van der Waals surface area contributed by atoms with Crippen molar-refractivity contribution in [1.29, 1.82) is 0 Å². The number of carbonyl (C=O) groups excluding carboxylic acids is 1. The van der Waals surface area contributed by atoms with Crippen molar-refractivity contribution in [2.24, 2.45) is 0 Å². The number of sulfone groups is 1. The Morgan fingerprint density at radius 1 is 1.19 bits per heavy atom. The highest BCUT2D eigenvalue weighted by Crippen LogP contribution is 2.27. The predicted molar refractivity (Wildman–Crippen MR) is 104 cm³/mol. The lowest BCUT2D eigenvalue weighted by Gasteiger charge is -2.20. The third-order valence-electron chi connectivity index (χ3n) is 3.74. The molecule has 0 spiro atoms. The van der Waals surface area contributed by atoms with Gasteiger partial charge in [-0.05, 0) is 64.8 Å². The second-order valence-electron chi connectivity index (χ2n) is 7.37. The van der Waals surface area contributed by atoms with Gasteiger partial charge in [-0.15, -0.1) is 0 Å². The van der Waals surface area contributed by atoms with Crippen molar-refractivity contribution in [3.05, 3.63) is 23.3 Å². The molecule has 0 fully saturated rings. The van der Waals surface area contributed by atoms with Gasteiger partial charge in [-0.3, -0.25) is 5.32 Å². The average molecular weight is 402 g/mol. The Kier molecular flexibility index (Phi) is 8.25. The third-order valence-corrected chi connectivity index (χ3v) is 6.05. The van der Waals surface area contributed by atoms with Crippen molar-refractivity contribution < 1.29 is 27.4 Å². The van der Waals surface area contributed by atoms with Gasteiger partial charge in [0.25, 0.3) is 0 Å². The molecule has 1 unspecified atom stereocenters. The summed E-state index contributed by atoms with van der Waals surface area (Å²) in [5, 5.41) is 2.13. The summed E-state index contributed by atoms with van der Waals surface area (Å²) in [5.41, 5.74) is 0.721. The molecule has 0 amide bonds. The van der Waals surface area contributed by atoms with Crippen LogP contribution in [0.15, 0.2) is 17.0 Å². The highest BCUT2D eigenvalue weighted by Gasteiger charge is 2.27. The van der Waals surface area contributed by atoms with Crippen LogP contribution >= 0.6 is 0 Å². The minimum absolute atomic E-state index is 0.170. The number of hydrogen-bond acceptors (Lipinski definition) is 7. The quantitative estimate of drug-likeness (QED) is 0.502.